The Morgan fingerprint density at radius 3 is 2.54 bits per heavy atom. The SMILES string of the molecule is CCc1nn2c(-c3ccc4ccccc4c3)ccnc2c1-c1cccc(Cl)c1. The molecule has 0 atom stereocenters. The second kappa shape index (κ2) is 6.77. The normalized spacial score (nSPS) is 11.4. The molecule has 0 radical (unpaired) electrons. The van der Waals surface area contributed by atoms with Gasteiger partial charge in [0.2, 0.25) is 0 Å². The van der Waals surface area contributed by atoms with E-state index in [1.165, 1.54) is 10.8 Å². The van der Waals surface area contributed by atoms with E-state index in [4.69, 9.17) is 16.7 Å². The Labute approximate surface area is 168 Å². The molecule has 2 aromatic heterocycles. The molecule has 0 saturated carbocycles. The first-order chi connectivity index (χ1) is 13.7. The van der Waals surface area contributed by atoms with E-state index in [0.717, 1.165) is 40.1 Å². The van der Waals surface area contributed by atoms with E-state index in [9.17, 15) is 0 Å². The molecule has 0 amide bonds. The van der Waals surface area contributed by atoms with Crippen LogP contribution in [-0.2, 0) is 6.42 Å². The molecule has 0 spiro atoms. The lowest BCUT2D eigenvalue weighted by molar-refractivity contribution is 0.894. The van der Waals surface area contributed by atoms with Crippen LogP contribution in [0.2, 0.25) is 5.02 Å². The number of nitrogens with zero attached hydrogens (tertiary/aromatic N) is 3. The minimum atomic E-state index is 0.713. The van der Waals surface area contributed by atoms with Crippen LogP contribution in [0.1, 0.15) is 12.6 Å². The average Bonchev–Trinajstić information content (AvgIpc) is 3.12. The number of hydrogen-bond acceptors (Lipinski definition) is 2. The zero-order chi connectivity index (χ0) is 19.1. The molecule has 4 heteroatoms. The average molecular weight is 384 g/mol. The molecular formula is C24H18ClN3. The van der Waals surface area contributed by atoms with Gasteiger partial charge in [0.15, 0.2) is 5.65 Å². The zero-order valence-corrected chi connectivity index (χ0v) is 16.2. The van der Waals surface area contributed by atoms with Crippen molar-refractivity contribution in [3.8, 4) is 22.4 Å². The maximum atomic E-state index is 6.24. The minimum absolute atomic E-state index is 0.713. The number of aryl methyl sites for hydroxylation is 1. The number of hydrogen-bond donors (Lipinski definition) is 0. The highest BCUT2D eigenvalue weighted by atomic mass is 35.5. The predicted molar refractivity (Wildman–Crippen MR) is 116 cm³/mol. The van der Waals surface area contributed by atoms with E-state index in [0.29, 0.717) is 5.02 Å². The van der Waals surface area contributed by atoms with Crippen molar-refractivity contribution in [1.82, 2.24) is 14.6 Å². The van der Waals surface area contributed by atoms with E-state index >= 15 is 0 Å². The summed E-state index contributed by atoms with van der Waals surface area (Å²) in [5, 5.41) is 8.06. The Morgan fingerprint density at radius 2 is 1.71 bits per heavy atom. The first-order valence-electron chi connectivity index (χ1n) is 9.36. The Balaban J connectivity index is 1.77. The van der Waals surface area contributed by atoms with Gasteiger partial charge in [-0.15, -0.1) is 0 Å². The maximum absolute atomic E-state index is 6.24. The Kier molecular flexibility index (Phi) is 4.10. The van der Waals surface area contributed by atoms with Gasteiger partial charge in [0.1, 0.15) is 0 Å². The summed E-state index contributed by atoms with van der Waals surface area (Å²) in [7, 11) is 0. The molecular weight excluding hydrogens is 366 g/mol. The summed E-state index contributed by atoms with van der Waals surface area (Å²) in [6.07, 6.45) is 2.68. The lowest BCUT2D eigenvalue weighted by Crippen LogP contribution is -1.96. The molecule has 0 aliphatic rings. The van der Waals surface area contributed by atoms with Crippen LogP contribution in [0.3, 0.4) is 0 Å². The molecule has 5 aromatic rings. The molecule has 0 saturated heterocycles. The van der Waals surface area contributed by atoms with Crippen molar-refractivity contribution < 1.29 is 0 Å². The van der Waals surface area contributed by atoms with Crippen molar-refractivity contribution in [1.29, 1.82) is 0 Å². The van der Waals surface area contributed by atoms with Crippen LogP contribution in [0.4, 0.5) is 0 Å². The third kappa shape index (κ3) is 2.76. The lowest BCUT2D eigenvalue weighted by atomic mass is 10.0. The number of benzene rings is 3. The molecule has 136 valence electrons. The molecule has 28 heavy (non-hydrogen) atoms. The van der Waals surface area contributed by atoms with Crippen LogP contribution in [-0.4, -0.2) is 14.6 Å². The molecule has 3 aromatic carbocycles. The van der Waals surface area contributed by atoms with Crippen LogP contribution in [0.25, 0.3) is 38.8 Å². The van der Waals surface area contributed by atoms with Gasteiger partial charge in [-0.1, -0.05) is 67.1 Å². The van der Waals surface area contributed by atoms with Gasteiger partial charge >= 0.3 is 0 Å². The smallest absolute Gasteiger partial charge is 0.163 e. The molecule has 0 unspecified atom stereocenters. The first kappa shape index (κ1) is 17.0. The van der Waals surface area contributed by atoms with Crippen molar-refractivity contribution in [3.05, 3.63) is 89.7 Å². The van der Waals surface area contributed by atoms with Gasteiger partial charge in [-0.25, -0.2) is 9.50 Å². The largest absolute Gasteiger partial charge is 0.236 e. The Morgan fingerprint density at radius 1 is 0.857 bits per heavy atom. The fraction of sp³-hybridized carbons (Fsp3) is 0.0833. The maximum Gasteiger partial charge on any atom is 0.163 e. The van der Waals surface area contributed by atoms with Crippen LogP contribution in [0.15, 0.2) is 79.0 Å². The fourth-order valence-electron chi connectivity index (χ4n) is 3.74. The first-order valence-corrected chi connectivity index (χ1v) is 9.74. The van der Waals surface area contributed by atoms with Gasteiger partial charge in [-0.2, -0.15) is 5.10 Å². The summed E-state index contributed by atoms with van der Waals surface area (Å²) in [5.41, 5.74) is 6.11. The van der Waals surface area contributed by atoms with Gasteiger partial charge in [0.05, 0.1) is 11.4 Å². The molecule has 2 heterocycles. The highest BCUT2D eigenvalue weighted by Gasteiger charge is 2.17. The summed E-state index contributed by atoms with van der Waals surface area (Å²) >= 11 is 6.24. The van der Waals surface area contributed by atoms with Crippen molar-refractivity contribution in [2.24, 2.45) is 0 Å². The Bertz CT molecular complexity index is 1320. The number of aromatic nitrogens is 3. The number of fused-ring (bicyclic) bond motifs is 2. The Hall–Kier alpha value is -3.17. The second-order valence-corrected chi connectivity index (χ2v) is 7.25. The predicted octanol–water partition coefficient (Wildman–Crippen LogP) is 6.43. The monoisotopic (exact) mass is 383 g/mol. The van der Waals surface area contributed by atoms with Crippen LogP contribution < -0.4 is 0 Å². The summed E-state index contributed by atoms with van der Waals surface area (Å²) < 4.78 is 1.96. The van der Waals surface area contributed by atoms with E-state index < -0.39 is 0 Å². The van der Waals surface area contributed by atoms with E-state index in [1.54, 1.807) is 0 Å². The topological polar surface area (TPSA) is 30.2 Å². The minimum Gasteiger partial charge on any atom is -0.236 e. The van der Waals surface area contributed by atoms with E-state index in [-0.39, 0.29) is 0 Å². The zero-order valence-electron chi connectivity index (χ0n) is 15.4. The summed E-state index contributed by atoms with van der Waals surface area (Å²) in [6, 6.07) is 24.8. The van der Waals surface area contributed by atoms with Crippen molar-refractivity contribution >= 4 is 28.0 Å². The molecule has 3 nitrogen and oxygen atoms in total. The highest BCUT2D eigenvalue weighted by Crippen LogP contribution is 2.32. The molecule has 0 aliphatic heterocycles. The molecule has 5 rings (SSSR count). The quantitative estimate of drug-likeness (QED) is 0.359. The summed E-state index contributed by atoms with van der Waals surface area (Å²) in [5.74, 6) is 0. The summed E-state index contributed by atoms with van der Waals surface area (Å²) in [4.78, 5) is 4.66. The molecule has 0 fully saturated rings. The third-order valence-electron chi connectivity index (χ3n) is 5.08. The molecule has 0 bridgehead atoms. The van der Waals surface area contributed by atoms with Crippen LogP contribution in [0.5, 0.6) is 0 Å². The van der Waals surface area contributed by atoms with Crippen molar-refractivity contribution in [3.63, 3.8) is 0 Å². The van der Waals surface area contributed by atoms with Crippen LogP contribution in [0, 0.1) is 0 Å². The lowest BCUT2D eigenvalue weighted by Gasteiger charge is -2.07. The van der Waals surface area contributed by atoms with Gasteiger partial charge in [0, 0.05) is 22.3 Å². The van der Waals surface area contributed by atoms with Gasteiger partial charge in [-0.05, 0) is 47.0 Å². The summed E-state index contributed by atoms with van der Waals surface area (Å²) in [6.45, 7) is 2.12. The van der Waals surface area contributed by atoms with Gasteiger partial charge in [-0.3, -0.25) is 0 Å². The fourth-order valence-corrected chi connectivity index (χ4v) is 3.93. The van der Waals surface area contributed by atoms with Gasteiger partial charge in [0.25, 0.3) is 0 Å². The third-order valence-corrected chi connectivity index (χ3v) is 5.32. The molecule has 0 aliphatic carbocycles. The van der Waals surface area contributed by atoms with E-state index in [1.807, 2.05) is 35.0 Å². The molecule has 0 N–H and O–H groups in total. The number of halogens is 1. The van der Waals surface area contributed by atoms with E-state index in [2.05, 4.69) is 60.4 Å². The highest BCUT2D eigenvalue weighted by molar-refractivity contribution is 6.30. The van der Waals surface area contributed by atoms with Gasteiger partial charge < -0.3 is 0 Å². The number of rotatable bonds is 3. The van der Waals surface area contributed by atoms with Crippen molar-refractivity contribution in [2.75, 3.05) is 0 Å². The second-order valence-electron chi connectivity index (χ2n) is 6.81. The standard InChI is InChI=1S/C24H18ClN3/c1-2-21-23(19-8-5-9-20(25)15-19)24-26-13-12-22(28(24)27-21)18-11-10-16-6-3-4-7-17(16)14-18/h3-15H,2H2,1H3. The van der Waals surface area contributed by atoms with Crippen molar-refractivity contribution in [2.45, 2.75) is 13.3 Å². The van der Waals surface area contributed by atoms with Crippen LogP contribution >= 0.6 is 11.6 Å².